The Balaban J connectivity index is 2.03. The van der Waals surface area contributed by atoms with Crippen LogP contribution in [0.3, 0.4) is 0 Å². The van der Waals surface area contributed by atoms with Crippen molar-refractivity contribution in [2.45, 2.75) is 6.04 Å². The molecule has 0 aromatic heterocycles. The van der Waals surface area contributed by atoms with Crippen LogP contribution in [0.5, 0.6) is 0 Å². The molecule has 25 heavy (non-hydrogen) atoms. The molecule has 1 aromatic carbocycles. The Hall–Kier alpha value is -3.14. The fraction of sp³-hybridized carbons (Fsp3) is 0.333. The highest BCUT2D eigenvalue weighted by Crippen LogP contribution is 2.29. The average Bonchev–Trinajstić information content (AvgIpc) is 2.61. The first-order valence-electron chi connectivity index (χ1n) is 7.59. The van der Waals surface area contributed by atoms with Crippen molar-refractivity contribution in [3.8, 4) is 0 Å². The van der Waals surface area contributed by atoms with Crippen molar-refractivity contribution in [1.29, 1.82) is 0 Å². The lowest BCUT2D eigenvalue weighted by molar-refractivity contribution is -0.384. The van der Waals surface area contributed by atoms with Crippen molar-refractivity contribution in [3.63, 3.8) is 0 Å². The molecule has 3 amide bonds. The molecule has 1 atom stereocenters. The number of hydrogen-bond acceptors (Lipinski definition) is 7. The molecule has 0 spiro atoms. The number of nitro benzene ring substituents is 1. The number of aliphatic hydroxyl groups excluding tert-OH is 1. The number of benzene rings is 1. The molecule has 2 saturated heterocycles. The lowest BCUT2D eigenvalue weighted by Gasteiger charge is -2.33. The van der Waals surface area contributed by atoms with Gasteiger partial charge in [-0.2, -0.15) is 0 Å². The van der Waals surface area contributed by atoms with Gasteiger partial charge < -0.3 is 20.1 Å². The van der Waals surface area contributed by atoms with Crippen molar-refractivity contribution in [3.05, 3.63) is 51.4 Å². The Bertz CT molecular complexity index is 756. The van der Waals surface area contributed by atoms with Gasteiger partial charge in [0, 0.05) is 25.2 Å². The van der Waals surface area contributed by atoms with Gasteiger partial charge in [0.25, 0.3) is 11.6 Å². The van der Waals surface area contributed by atoms with Crippen molar-refractivity contribution in [2.24, 2.45) is 0 Å². The number of morpholine rings is 1. The Morgan fingerprint density at radius 1 is 1.32 bits per heavy atom. The topological polar surface area (TPSA) is 134 Å². The molecule has 2 fully saturated rings. The van der Waals surface area contributed by atoms with Crippen molar-refractivity contribution in [1.82, 2.24) is 15.5 Å². The third-order valence-electron chi connectivity index (χ3n) is 4.00. The van der Waals surface area contributed by atoms with E-state index in [0.29, 0.717) is 31.9 Å². The second-order valence-corrected chi connectivity index (χ2v) is 5.55. The standard InChI is InChI=1S/C15H16N4O6/c20-13-11(14(21)18-4-6-25-7-5-18)12(16-15(22)17-13)9-2-1-3-10(8-9)19(23)24/h1-3,8,12,21H,4-7H2,(H2,16,17,20,22)/b14-11+. The Labute approximate surface area is 142 Å². The minimum absolute atomic E-state index is 0.0676. The minimum atomic E-state index is -0.996. The summed E-state index contributed by atoms with van der Waals surface area (Å²) in [5.41, 5.74) is 0.0807. The number of nitrogens with zero attached hydrogens (tertiary/aromatic N) is 2. The van der Waals surface area contributed by atoms with Gasteiger partial charge in [0.15, 0.2) is 5.88 Å². The van der Waals surface area contributed by atoms with Crippen molar-refractivity contribution in [2.75, 3.05) is 26.3 Å². The maximum Gasteiger partial charge on any atom is 0.322 e. The fourth-order valence-corrected chi connectivity index (χ4v) is 2.78. The number of urea groups is 1. The van der Waals surface area contributed by atoms with Gasteiger partial charge >= 0.3 is 6.03 Å². The molecule has 2 heterocycles. The molecular formula is C15H16N4O6. The zero-order valence-corrected chi connectivity index (χ0v) is 13.1. The van der Waals surface area contributed by atoms with Gasteiger partial charge in [-0.3, -0.25) is 20.2 Å². The van der Waals surface area contributed by atoms with Gasteiger partial charge in [-0.1, -0.05) is 12.1 Å². The smallest absolute Gasteiger partial charge is 0.322 e. The summed E-state index contributed by atoms with van der Waals surface area (Å²) >= 11 is 0. The molecule has 10 nitrogen and oxygen atoms in total. The molecule has 2 aliphatic rings. The second kappa shape index (κ2) is 6.77. The predicted molar refractivity (Wildman–Crippen MR) is 84.6 cm³/mol. The molecule has 1 aromatic rings. The molecule has 0 bridgehead atoms. The van der Waals surface area contributed by atoms with E-state index >= 15 is 0 Å². The predicted octanol–water partition coefficient (Wildman–Crippen LogP) is 0.577. The summed E-state index contributed by atoms with van der Waals surface area (Å²) < 4.78 is 5.21. The lowest BCUT2D eigenvalue weighted by atomic mass is 9.96. The lowest BCUT2D eigenvalue weighted by Crippen LogP contribution is -2.51. The molecule has 2 aliphatic heterocycles. The molecule has 3 rings (SSSR count). The summed E-state index contributed by atoms with van der Waals surface area (Å²) in [6.45, 7) is 1.57. The summed E-state index contributed by atoms with van der Waals surface area (Å²) in [7, 11) is 0. The van der Waals surface area contributed by atoms with Gasteiger partial charge in [0.05, 0.1) is 24.2 Å². The Morgan fingerprint density at radius 2 is 2.04 bits per heavy atom. The summed E-state index contributed by atoms with van der Waals surface area (Å²) in [5, 5.41) is 26.2. The van der Waals surface area contributed by atoms with Crippen LogP contribution in [-0.2, 0) is 9.53 Å². The number of imide groups is 1. The molecule has 10 heteroatoms. The van der Waals surface area contributed by atoms with E-state index in [-0.39, 0.29) is 17.1 Å². The first kappa shape index (κ1) is 16.7. The molecule has 0 saturated carbocycles. The second-order valence-electron chi connectivity index (χ2n) is 5.55. The maximum atomic E-state index is 12.3. The number of non-ortho nitro benzene ring substituents is 1. The number of amides is 3. The number of carbonyl (C=O) groups excluding carboxylic acids is 2. The van der Waals surface area contributed by atoms with E-state index in [9.17, 15) is 24.8 Å². The number of carbonyl (C=O) groups is 2. The van der Waals surface area contributed by atoms with Crippen molar-refractivity contribution < 1.29 is 24.4 Å². The first-order chi connectivity index (χ1) is 12.0. The van der Waals surface area contributed by atoms with Gasteiger partial charge in [-0.15, -0.1) is 0 Å². The molecule has 0 aliphatic carbocycles. The minimum Gasteiger partial charge on any atom is -0.494 e. The number of ether oxygens (including phenoxy) is 1. The van der Waals surface area contributed by atoms with E-state index in [1.54, 1.807) is 11.0 Å². The van der Waals surface area contributed by atoms with Crippen LogP contribution in [0.15, 0.2) is 35.7 Å². The highest BCUT2D eigenvalue weighted by atomic mass is 16.6. The fourth-order valence-electron chi connectivity index (χ4n) is 2.78. The number of aliphatic hydroxyl groups is 1. The quantitative estimate of drug-likeness (QED) is 0.315. The molecule has 132 valence electrons. The normalized spacial score (nSPS) is 22.9. The van der Waals surface area contributed by atoms with Gasteiger partial charge in [-0.05, 0) is 5.56 Å². The van der Waals surface area contributed by atoms with Crippen LogP contribution in [0.1, 0.15) is 11.6 Å². The van der Waals surface area contributed by atoms with Crippen LogP contribution in [0.2, 0.25) is 0 Å². The zero-order valence-electron chi connectivity index (χ0n) is 13.1. The monoisotopic (exact) mass is 348 g/mol. The van der Waals surface area contributed by atoms with Crippen LogP contribution in [0.25, 0.3) is 0 Å². The highest BCUT2D eigenvalue weighted by Gasteiger charge is 2.36. The van der Waals surface area contributed by atoms with Crippen LogP contribution in [0.4, 0.5) is 10.5 Å². The van der Waals surface area contributed by atoms with E-state index in [4.69, 9.17) is 4.74 Å². The van der Waals surface area contributed by atoms with E-state index < -0.39 is 22.9 Å². The van der Waals surface area contributed by atoms with E-state index in [1.165, 1.54) is 18.2 Å². The number of rotatable bonds is 3. The zero-order chi connectivity index (χ0) is 18.0. The molecule has 3 N–H and O–H groups in total. The summed E-state index contributed by atoms with van der Waals surface area (Å²) in [5.74, 6) is -1.03. The summed E-state index contributed by atoms with van der Waals surface area (Å²) in [4.78, 5) is 36.0. The Morgan fingerprint density at radius 3 is 2.72 bits per heavy atom. The largest absolute Gasteiger partial charge is 0.494 e. The molecule has 0 radical (unpaired) electrons. The Kier molecular flexibility index (Phi) is 4.52. The van der Waals surface area contributed by atoms with E-state index in [0.717, 1.165) is 0 Å². The SMILES string of the molecule is O=C1NC(=O)/C(=C(/O)N2CCOCC2)C(c2cccc([N+](=O)[O-])c2)N1. The number of nitro groups is 1. The first-order valence-corrected chi connectivity index (χ1v) is 7.59. The van der Waals surface area contributed by atoms with Crippen LogP contribution >= 0.6 is 0 Å². The number of nitrogens with one attached hydrogen (secondary N) is 2. The third kappa shape index (κ3) is 3.38. The highest BCUT2D eigenvalue weighted by molar-refractivity contribution is 6.08. The van der Waals surface area contributed by atoms with Crippen molar-refractivity contribution >= 4 is 17.6 Å². The van der Waals surface area contributed by atoms with Gasteiger partial charge in [0.2, 0.25) is 0 Å². The van der Waals surface area contributed by atoms with Crippen LogP contribution in [0, 0.1) is 10.1 Å². The molecule has 1 unspecified atom stereocenters. The van der Waals surface area contributed by atoms with Gasteiger partial charge in [-0.25, -0.2) is 4.79 Å². The third-order valence-corrected chi connectivity index (χ3v) is 4.00. The maximum absolute atomic E-state index is 12.3. The summed E-state index contributed by atoms with van der Waals surface area (Å²) in [6.07, 6.45) is 0. The van der Waals surface area contributed by atoms with Gasteiger partial charge in [0.1, 0.15) is 5.57 Å². The average molecular weight is 348 g/mol. The van der Waals surface area contributed by atoms with E-state index in [1.807, 2.05) is 0 Å². The van der Waals surface area contributed by atoms with E-state index in [2.05, 4.69) is 10.6 Å². The van der Waals surface area contributed by atoms with Crippen LogP contribution in [-0.4, -0.2) is 53.2 Å². The summed E-state index contributed by atoms with van der Waals surface area (Å²) in [6, 6.07) is 3.83. The van der Waals surface area contributed by atoms with Crippen LogP contribution < -0.4 is 10.6 Å². The number of hydrogen-bond donors (Lipinski definition) is 3. The molecular weight excluding hydrogens is 332 g/mol.